The Balaban J connectivity index is 2.49. The molecule has 0 fully saturated rings. The van der Waals surface area contributed by atoms with Gasteiger partial charge < -0.3 is 9.80 Å². The minimum Gasteiger partial charge on any atom is -0.342 e. The zero-order valence-corrected chi connectivity index (χ0v) is 10.5. The number of hydrogen-bond acceptors (Lipinski definition) is 3. The van der Waals surface area contributed by atoms with E-state index >= 15 is 0 Å². The quantitative estimate of drug-likeness (QED) is 0.725. The number of nitrogens with zero attached hydrogens (tertiary/aromatic N) is 3. The number of carbonyl (C=O) groups excluding carboxylic acids is 1. The third-order valence-corrected chi connectivity index (χ3v) is 2.42. The molecule has 1 amide bonds. The average molecular weight is 239 g/mol. The van der Waals surface area contributed by atoms with Crippen LogP contribution in [0.4, 0.5) is 4.39 Å². The van der Waals surface area contributed by atoms with Crippen LogP contribution in [0.2, 0.25) is 0 Å². The molecule has 0 spiro atoms. The number of pyridine rings is 1. The lowest BCUT2D eigenvalue weighted by Gasteiger charge is -2.18. The molecule has 0 aromatic carbocycles. The molecule has 0 N–H and O–H groups in total. The van der Waals surface area contributed by atoms with E-state index in [1.807, 2.05) is 14.1 Å². The lowest BCUT2D eigenvalue weighted by molar-refractivity contribution is 0.0790. The molecule has 0 radical (unpaired) electrons. The molecule has 0 aliphatic heterocycles. The van der Waals surface area contributed by atoms with Crippen molar-refractivity contribution in [3.05, 3.63) is 29.8 Å². The Morgan fingerprint density at radius 2 is 2.00 bits per heavy atom. The molecule has 4 nitrogen and oxygen atoms in total. The molecule has 0 saturated carbocycles. The van der Waals surface area contributed by atoms with Crippen molar-refractivity contribution in [2.75, 3.05) is 34.2 Å². The van der Waals surface area contributed by atoms with E-state index in [0.29, 0.717) is 12.1 Å². The van der Waals surface area contributed by atoms with Gasteiger partial charge in [0.05, 0.1) is 5.56 Å². The van der Waals surface area contributed by atoms with Gasteiger partial charge >= 0.3 is 0 Å². The van der Waals surface area contributed by atoms with Crippen LogP contribution in [0.15, 0.2) is 18.3 Å². The minimum absolute atomic E-state index is 0.128. The van der Waals surface area contributed by atoms with Gasteiger partial charge in [-0.3, -0.25) is 4.79 Å². The summed E-state index contributed by atoms with van der Waals surface area (Å²) in [5, 5.41) is 0. The number of rotatable bonds is 5. The molecule has 0 unspecified atom stereocenters. The number of amides is 1. The largest absolute Gasteiger partial charge is 0.342 e. The van der Waals surface area contributed by atoms with E-state index in [9.17, 15) is 9.18 Å². The molecule has 5 heteroatoms. The molecule has 1 aromatic heterocycles. The maximum atomic E-state index is 12.6. The SMILES string of the molecule is CN(C)CCCN(C)C(=O)c1ccc(F)nc1. The fourth-order valence-electron chi connectivity index (χ4n) is 1.45. The molecular formula is C12H18FN3O. The monoisotopic (exact) mass is 239 g/mol. The first-order valence-electron chi connectivity index (χ1n) is 5.52. The molecule has 1 aromatic rings. The van der Waals surface area contributed by atoms with Gasteiger partial charge in [0.25, 0.3) is 5.91 Å². The first-order chi connectivity index (χ1) is 8.00. The molecule has 1 rings (SSSR count). The van der Waals surface area contributed by atoms with Crippen molar-refractivity contribution in [3.63, 3.8) is 0 Å². The first-order valence-corrected chi connectivity index (χ1v) is 5.52. The van der Waals surface area contributed by atoms with Crippen LogP contribution in [0.25, 0.3) is 0 Å². The maximum absolute atomic E-state index is 12.6. The van der Waals surface area contributed by atoms with Gasteiger partial charge in [-0.1, -0.05) is 0 Å². The molecule has 0 bridgehead atoms. The summed E-state index contributed by atoms with van der Waals surface area (Å²) in [5.41, 5.74) is 0.416. The third-order valence-electron chi connectivity index (χ3n) is 2.42. The average Bonchev–Trinajstić information content (AvgIpc) is 2.28. The van der Waals surface area contributed by atoms with Crippen LogP contribution in [0.3, 0.4) is 0 Å². The van der Waals surface area contributed by atoms with Gasteiger partial charge in [0.1, 0.15) is 0 Å². The zero-order chi connectivity index (χ0) is 12.8. The summed E-state index contributed by atoms with van der Waals surface area (Å²) in [6.45, 7) is 1.60. The van der Waals surface area contributed by atoms with Crippen molar-refractivity contribution in [1.29, 1.82) is 0 Å². The number of halogens is 1. The van der Waals surface area contributed by atoms with Crippen LogP contribution in [-0.2, 0) is 0 Å². The predicted octanol–water partition coefficient (Wildman–Crippen LogP) is 1.24. The van der Waals surface area contributed by atoms with Crippen molar-refractivity contribution in [1.82, 2.24) is 14.8 Å². The van der Waals surface area contributed by atoms with Crippen LogP contribution in [0, 0.1) is 5.95 Å². The fourth-order valence-corrected chi connectivity index (χ4v) is 1.45. The summed E-state index contributed by atoms with van der Waals surface area (Å²) < 4.78 is 12.6. The van der Waals surface area contributed by atoms with Gasteiger partial charge in [0.15, 0.2) is 0 Å². The lowest BCUT2D eigenvalue weighted by atomic mass is 10.2. The standard InChI is InChI=1S/C12H18FN3O/c1-15(2)7-4-8-16(3)12(17)10-5-6-11(13)14-9-10/h5-6,9H,4,7-8H2,1-3H3. The maximum Gasteiger partial charge on any atom is 0.255 e. The summed E-state index contributed by atoms with van der Waals surface area (Å²) in [5.74, 6) is -0.701. The summed E-state index contributed by atoms with van der Waals surface area (Å²) in [7, 11) is 5.72. The molecule has 0 aliphatic rings. The highest BCUT2D eigenvalue weighted by molar-refractivity contribution is 5.93. The second-order valence-electron chi connectivity index (χ2n) is 4.25. The number of carbonyl (C=O) groups is 1. The molecular weight excluding hydrogens is 221 g/mol. The Labute approximate surface area is 101 Å². The van der Waals surface area contributed by atoms with Gasteiger partial charge in [-0.15, -0.1) is 0 Å². The van der Waals surface area contributed by atoms with Crippen LogP contribution in [0.5, 0.6) is 0 Å². The van der Waals surface area contributed by atoms with E-state index in [0.717, 1.165) is 13.0 Å². The normalized spacial score (nSPS) is 10.6. The second-order valence-corrected chi connectivity index (χ2v) is 4.25. The topological polar surface area (TPSA) is 36.4 Å². The van der Waals surface area contributed by atoms with Crippen LogP contribution in [0.1, 0.15) is 16.8 Å². The van der Waals surface area contributed by atoms with Crippen molar-refractivity contribution in [3.8, 4) is 0 Å². The van der Waals surface area contributed by atoms with Crippen LogP contribution in [-0.4, -0.2) is 54.9 Å². The first kappa shape index (κ1) is 13.6. The van der Waals surface area contributed by atoms with Gasteiger partial charge in [-0.25, -0.2) is 4.98 Å². The van der Waals surface area contributed by atoms with E-state index in [1.165, 1.54) is 18.3 Å². The Bertz CT molecular complexity index is 365. The zero-order valence-electron chi connectivity index (χ0n) is 10.5. The number of aromatic nitrogens is 1. The highest BCUT2D eigenvalue weighted by atomic mass is 19.1. The smallest absolute Gasteiger partial charge is 0.255 e. The predicted molar refractivity (Wildman–Crippen MR) is 64.3 cm³/mol. The van der Waals surface area contributed by atoms with E-state index in [2.05, 4.69) is 9.88 Å². The second kappa shape index (κ2) is 6.30. The van der Waals surface area contributed by atoms with E-state index in [4.69, 9.17) is 0 Å². The summed E-state index contributed by atoms with van der Waals surface area (Å²) in [4.78, 5) is 19.0. The Morgan fingerprint density at radius 1 is 1.29 bits per heavy atom. The summed E-state index contributed by atoms with van der Waals surface area (Å²) >= 11 is 0. The molecule has 0 atom stereocenters. The van der Waals surface area contributed by atoms with Crippen molar-refractivity contribution < 1.29 is 9.18 Å². The fraction of sp³-hybridized carbons (Fsp3) is 0.500. The van der Waals surface area contributed by atoms with Crippen molar-refractivity contribution in [2.45, 2.75) is 6.42 Å². The van der Waals surface area contributed by atoms with Crippen LogP contribution >= 0.6 is 0 Å². The van der Waals surface area contributed by atoms with Gasteiger partial charge in [-0.05, 0) is 39.2 Å². The Kier molecular flexibility index (Phi) is 5.03. The molecule has 0 aliphatic carbocycles. The summed E-state index contributed by atoms with van der Waals surface area (Å²) in [6, 6.07) is 2.65. The van der Waals surface area contributed by atoms with Gasteiger partial charge in [0.2, 0.25) is 5.95 Å². The van der Waals surface area contributed by atoms with E-state index in [-0.39, 0.29) is 5.91 Å². The molecule has 0 saturated heterocycles. The Hall–Kier alpha value is -1.49. The van der Waals surface area contributed by atoms with Crippen LogP contribution < -0.4 is 0 Å². The molecule has 17 heavy (non-hydrogen) atoms. The van der Waals surface area contributed by atoms with Crippen molar-refractivity contribution in [2.24, 2.45) is 0 Å². The molecule has 94 valence electrons. The Morgan fingerprint density at radius 3 is 2.53 bits per heavy atom. The number of hydrogen-bond donors (Lipinski definition) is 0. The van der Waals surface area contributed by atoms with E-state index in [1.54, 1.807) is 11.9 Å². The van der Waals surface area contributed by atoms with Gasteiger partial charge in [-0.2, -0.15) is 4.39 Å². The third kappa shape index (κ3) is 4.48. The molecule has 1 heterocycles. The summed E-state index contributed by atoms with van der Waals surface area (Å²) in [6.07, 6.45) is 2.17. The van der Waals surface area contributed by atoms with Crippen molar-refractivity contribution >= 4 is 5.91 Å². The lowest BCUT2D eigenvalue weighted by Crippen LogP contribution is -2.29. The minimum atomic E-state index is -0.572. The van der Waals surface area contributed by atoms with Gasteiger partial charge in [0, 0.05) is 19.8 Å². The van der Waals surface area contributed by atoms with E-state index < -0.39 is 5.95 Å². The highest BCUT2D eigenvalue weighted by Gasteiger charge is 2.11. The highest BCUT2D eigenvalue weighted by Crippen LogP contribution is 2.03.